The van der Waals surface area contributed by atoms with Crippen molar-refractivity contribution in [3.63, 3.8) is 0 Å². The van der Waals surface area contributed by atoms with Gasteiger partial charge in [-0.2, -0.15) is 9.41 Å². The molecule has 1 fully saturated rings. The molecule has 9 nitrogen and oxygen atoms in total. The van der Waals surface area contributed by atoms with E-state index in [0.717, 1.165) is 35.6 Å². The minimum atomic E-state index is -3.99. The van der Waals surface area contributed by atoms with Crippen molar-refractivity contribution in [1.82, 2.24) is 15.0 Å². The first kappa shape index (κ1) is 30.2. The average Bonchev–Trinajstić information content (AvgIpc) is 2.98. The molecule has 0 aromatic heterocycles. The standard InChI is InChI=1S/C30H33ClN4O5S/c31-25-13-17-28(18-14-25)41(38,39)35(20-24-7-3-1-4-8-24)21-29(36)34-32-19-23-11-15-27(16-12-23)40-22-30(37)33-26-9-5-2-6-10-26/h1,3-4,7-8,11-19,26H,2,5-6,9-10,20-22H2,(H,33,37)(H,34,36). The number of benzene rings is 3. The third-order valence-corrected chi connectivity index (χ3v) is 8.65. The first-order valence-corrected chi connectivity index (χ1v) is 15.3. The molecule has 0 heterocycles. The maximum atomic E-state index is 13.3. The molecule has 1 aliphatic carbocycles. The molecule has 1 aliphatic rings. The molecule has 0 aliphatic heterocycles. The van der Waals surface area contributed by atoms with Gasteiger partial charge in [0, 0.05) is 17.6 Å². The van der Waals surface area contributed by atoms with Gasteiger partial charge in [-0.05, 0) is 72.5 Å². The number of nitrogens with zero attached hydrogens (tertiary/aromatic N) is 2. The Hall–Kier alpha value is -3.73. The van der Waals surface area contributed by atoms with Crippen molar-refractivity contribution in [3.05, 3.63) is 95.0 Å². The summed E-state index contributed by atoms with van der Waals surface area (Å²) >= 11 is 5.92. The number of carbonyl (C=O) groups excluding carboxylic acids is 2. The first-order valence-electron chi connectivity index (χ1n) is 13.4. The lowest BCUT2D eigenvalue weighted by molar-refractivity contribution is -0.124. The Morgan fingerprint density at radius 3 is 2.29 bits per heavy atom. The maximum Gasteiger partial charge on any atom is 0.258 e. The highest BCUT2D eigenvalue weighted by atomic mass is 35.5. The molecule has 0 spiro atoms. The summed E-state index contributed by atoms with van der Waals surface area (Å²) in [7, 11) is -3.99. The van der Waals surface area contributed by atoms with Crippen LogP contribution in [-0.4, -0.2) is 49.9 Å². The van der Waals surface area contributed by atoms with E-state index in [1.54, 1.807) is 48.5 Å². The molecule has 0 radical (unpaired) electrons. The molecule has 1 saturated carbocycles. The van der Waals surface area contributed by atoms with Gasteiger partial charge in [0.05, 0.1) is 17.7 Å². The second kappa shape index (κ2) is 14.8. The fourth-order valence-corrected chi connectivity index (χ4v) is 5.97. The van der Waals surface area contributed by atoms with E-state index >= 15 is 0 Å². The molecule has 2 N–H and O–H groups in total. The van der Waals surface area contributed by atoms with Gasteiger partial charge in [-0.25, -0.2) is 13.8 Å². The molecular weight excluding hydrogens is 564 g/mol. The molecule has 0 atom stereocenters. The number of sulfonamides is 1. The summed E-state index contributed by atoms with van der Waals surface area (Å²) in [5.41, 5.74) is 3.80. The van der Waals surface area contributed by atoms with Crippen LogP contribution in [0.15, 0.2) is 88.9 Å². The average molecular weight is 597 g/mol. The van der Waals surface area contributed by atoms with Crippen LogP contribution in [-0.2, 0) is 26.2 Å². The number of rotatable bonds is 12. The van der Waals surface area contributed by atoms with Crippen molar-refractivity contribution in [2.24, 2.45) is 5.10 Å². The minimum absolute atomic E-state index is 0.00305. The number of hydrogen-bond donors (Lipinski definition) is 2. The first-order chi connectivity index (χ1) is 19.8. The zero-order valence-electron chi connectivity index (χ0n) is 22.5. The van der Waals surface area contributed by atoms with Gasteiger partial charge in [-0.3, -0.25) is 9.59 Å². The van der Waals surface area contributed by atoms with Crippen LogP contribution in [0, 0.1) is 0 Å². The molecule has 11 heteroatoms. The minimum Gasteiger partial charge on any atom is -0.484 e. The number of halogens is 1. The Balaban J connectivity index is 1.31. The van der Waals surface area contributed by atoms with Gasteiger partial charge >= 0.3 is 0 Å². The van der Waals surface area contributed by atoms with Crippen LogP contribution in [0.25, 0.3) is 0 Å². The molecule has 0 unspecified atom stereocenters. The summed E-state index contributed by atoms with van der Waals surface area (Å²) < 4.78 is 33.3. The molecule has 0 bridgehead atoms. The van der Waals surface area contributed by atoms with E-state index in [1.165, 1.54) is 36.9 Å². The monoisotopic (exact) mass is 596 g/mol. The van der Waals surface area contributed by atoms with E-state index in [9.17, 15) is 18.0 Å². The Kier molecular flexibility index (Phi) is 10.9. The summed E-state index contributed by atoms with van der Waals surface area (Å²) in [5.74, 6) is -0.197. The summed E-state index contributed by atoms with van der Waals surface area (Å²) in [4.78, 5) is 24.9. The van der Waals surface area contributed by atoms with E-state index in [2.05, 4.69) is 15.8 Å². The summed E-state index contributed by atoms with van der Waals surface area (Å²) in [6, 6.07) is 21.9. The number of carbonyl (C=O) groups is 2. The topological polar surface area (TPSA) is 117 Å². The third-order valence-electron chi connectivity index (χ3n) is 6.60. The number of amides is 2. The van der Waals surface area contributed by atoms with Crippen molar-refractivity contribution in [1.29, 1.82) is 0 Å². The number of hydrogen-bond acceptors (Lipinski definition) is 6. The molecule has 0 saturated heterocycles. The fourth-order valence-electron chi connectivity index (χ4n) is 4.46. The second-order valence-corrected chi connectivity index (χ2v) is 12.1. The van der Waals surface area contributed by atoms with Gasteiger partial charge < -0.3 is 10.1 Å². The van der Waals surface area contributed by atoms with Gasteiger partial charge in [0.25, 0.3) is 11.8 Å². The lowest BCUT2D eigenvalue weighted by Gasteiger charge is -2.22. The highest BCUT2D eigenvalue weighted by molar-refractivity contribution is 7.89. The van der Waals surface area contributed by atoms with E-state index in [1.807, 2.05) is 6.07 Å². The Morgan fingerprint density at radius 2 is 1.61 bits per heavy atom. The molecular formula is C30H33ClN4O5S. The van der Waals surface area contributed by atoms with Crippen LogP contribution in [0.5, 0.6) is 5.75 Å². The summed E-state index contributed by atoms with van der Waals surface area (Å²) in [5, 5.41) is 7.39. The smallest absolute Gasteiger partial charge is 0.258 e. The van der Waals surface area contributed by atoms with Crippen LogP contribution in [0.4, 0.5) is 0 Å². The lowest BCUT2D eigenvalue weighted by Crippen LogP contribution is -2.39. The van der Waals surface area contributed by atoms with Crippen LogP contribution in [0.3, 0.4) is 0 Å². The summed E-state index contributed by atoms with van der Waals surface area (Å²) in [6.45, 7) is -0.492. The zero-order chi connectivity index (χ0) is 29.1. The lowest BCUT2D eigenvalue weighted by atomic mass is 9.95. The van der Waals surface area contributed by atoms with Gasteiger partial charge in [0.2, 0.25) is 10.0 Å². The molecule has 216 valence electrons. The van der Waals surface area contributed by atoms with Crippen LogP contribution in [0.2, 0.25) is 5.02 Å². The van der Waals surface area contributed by atoms with Crippen molar-refractivity contribution in [2.75, 3.05) is 13.2 Å². The van der Waals surface area contributed by atoms with Crippen LogP contribution in [0.1, 0.15) is 43.2 Å². The van der Waals surface area contributed by atoms with Crippen molar-refractivity contribution < 1.29 is 22.7 Å². The molecule has 4 rings (SSSR count). The van der Waals surface area contributed by atoms with Crippen LogP contribution < -0.4 is 15.5 Å². The third kappa shape index (κ3) is 9.41. The van der Waals surface area contributed by atoms with Crippen LogP contribution >= 0.6 is 11.6 Å². The number of hydrazone groups is 1. The number of ether oxygens (including phenoxy) is 1. The Morgan fingerprint density at radius 1 is 0.927 bits per heavy atom. The van der Waals surface area contributed by atoms with Gasteiger partial charge in [0.15, 0.2) is 6.61 Å². The predicted octanol–water partition coefficient (Wildman–Crippen LogP) is 4.51. The number of nitrogens with one attached hydrogen (secondary N) is 2. The highest BCUT2D eigenvalue weighted by Crippen LogP contribution is 2.21. The van der Waals surface area contributed by atoms with Gasteiger partial charge in [-0.15, -0.1) is 0 Å². The quantitative estimate of drug-likeness (QED) is 0.236. The van der Waals surface area contributed by atoms with Gasteiger partial charge in [0.1, 0.15) is 5.75 Å². The normalized spacial score (nSPS) is 14.2. The highest BCUT2D eigenvalue weighted by Gasteiger charge is 2.27. The Bertz CT molecular complexity index is 1430. The maximum absolute atomic E-state index is 13.3. The van der Waals surface area contributed by atoms with Crippen molar-refractivity contribution >= 4 is 39.7 Å². The molecule has 2 amide bonds. The largest absolute Gasteiger partial charge is 0.484 e. The zero-order valence-corrected chi connectivity index (χ0v) is 24.1. The van der Waals surface area contributed by atoms with Crippen molar-refractivity contribution in [3.8, 4) is 5.75 Å². The van der Waals surface area contributed by atoms with Crippen molar-refractivity contribution in [2.45, 2.75) is 49.6 Å². The van der Waals surface area contributed by atoms with E-state index in [4.69, 9.17) is 16.3 Å². The fraction of sp³-hybridized carbons (Fsp3) is 0.300. The molecule has 3 aromatic rings. The van der Waals surface area contributed by atoms with E-state index in [-0.39, 0.29) is 30.0 Å². The molecule has 41 heavy (non-hydrogen) atoms. The van der Waals surface area contributed by atoms with E-state index in [0.29, 0.717) is 16.3 Å². The van der Waals surface area contributed by atoms with E-state index < -0.39 is 22.5 Å². The second-order valence-electron chi connectivity index (χ2n) is 9.77. The Labute approximate surface area is 245 Å². The molecule has 3 aromatic carbocycles. The SMILES string of the molecule is O=C(CN(Cc1ccccc1)S(=O)(=O)c1ccc(Cl)cc1)NN=Cc1ccc(OCC(=O)NC2CCCCC2)cc1. The summed E-state index contributed by atoms with van der Waals surface area (Å²) in [6.07, 6.45) is 6.97. The van der Waals surface area contributed by atoms with Gasteiger partial charge in [-0.1, -0.05) is 61.2 Å². The predicted molar refractivity (Wildman–Crippen MR) is 158 cm³/mol.